The van der Waals surface area contributed by atoms with E-state index in [0.717, 1.165) is 18.6 Å². The van der Waals surface area contributed by atoms with Crippen LogP contribution in [0.1, 0.15) is 25.3 Å². The van der Waals surface area contributed by atoms with Crippen molar-refractivity contribution >= 4 is 29.0 Å². The number of nitrogens with zero attached hydrogens (tertiary/aromatic N) is 1. The average Bonchev–Trinajstić information content (AvgIpc) is 2.79. The summed E-state index contributed by atoms with van der Waals surface area (Å²) in [6.07, 6.45) is 1.93. The van der Waals surface area contributed by atoms with Gasteiger partial charge in [-0.1, -0.05) is 0 Å². The lowest BCUT2D eigenvalue weighted by Gasteiger charge is -2.21. The highest BCUT2D eigenvalue weighted by atomic mass is 32.2. The molecule has 1 aliphatic rings. The Bertz CT molecular complexity index is 515. The van der Waals surface area contributed by atoms with Gasteiger partial charge in [0.2, 0.25) is 5.91 Å². The number of thioether (sulfide) groups is 1. The number of hydrogen-bond acceptors (Lipinski definition) is 4. The molecule has 0 saturated carbocycles. The zero-order valence-electron chi connectivity index (χ0n) is 10.2. The van der Waals surface area contributed by atoms with E-state index in [-0.39, 0.29) is 10.7 Å². The maximum Gasteiger partial charge on any atom is 0.240 e. The minimum absolute atomic E-state index is 0.0359. The number of rotatable bonds is 2. The van der Waals surface area contributed by atoms with Crippen LogP contribution in [0.5, 0.6) is 0 Å². The fraction of sp³-hybridized carbons (Fsp3) is 0.385. The van der Waals surface area contributed by atoms with Crippen molar-refractivity contribution in [2.45, 2.75) is 24.5 Å². The monoisotopic (exact) mass is 261 g/mol. The van der Waals surface area contributed by atoms with Gasteiger partial charge < -0.3 is 11.1 Å². The van der Waals surface area contributed by atoms with E-state index < -0.39 is 0 Å². The van der Waals surface area contributed by atoms with E-state index in [4.69, 9.17) is 11.0 Å². The number of nitrogens with one attached hydrogen (secondary N) is 1. The average molecular weight is 261 g/mol. The normalized spacial score (nSPS) is 22.4. The molecule has 1 saturated heterocycles. The Morgan fingerprint density at radius 2 is 2.39 bits per heavy atom. The summed E-state index contributed by atoms with van der Waals surface area (Å²) in [5.41, 5.74) is 7.06. The predicted molar refractivity (Wildman–Crippen MR) is 74.3 cm³/mol. The number of carbonyl (C=O) groups is 1. The molecule has 4 nitrogen and oxygen atoms in total. The highest BCUT2D eigenvalue weighted by molar-refractivity contribution is 8.01. The van der Waals surface area contributed by atoms with Crippen LogP contribution < -0.4 is 11.1 Å². The summed E-state index contributed by atoms with van der Waals surface area (Å²) in [6.45, 7) is 1.95. The van der Waals surface area contributed by atoms with Crippen LogP contribution in [0.15, 0.2) is 18.2 Å². The van der Waals surface area contributed by atoms with Gasteiger partial charge in [0.05, 0.1) is 16.0 Å². The quantitative estimate of drug-likeness (QED) is 0.801. The van der Waals surface area contributed by atoms with Crippen LogP contribution in [0.3, 0.4) is 0 Å². The molecule has 0 aliphatic carbocycles. The number of nitrogen functional groups attached to an aromatic ring is 1. The molecule has 94 valence electrons. The topological polar surface area (TPSA) is 78.9 Å². The van der Waals surface area contributed by atoms with Crippen molar-refractivity contribution in [1.82, 2.24) is 0 Å². The summed E-state index contributed by atoms with van der Waals surface area (Å²) >= 11 is 1.67. The Balaban J connectivity index is 2.19. The third-order valence-electron chi connectivity index (χ3n) is 3.11. The van der Waals surface area contributed by atoms with Gasteiger partial charge in [0.1, 0.15) is 6.07 Å². The van der Waals surface area contributed by atoms with Crippen LogP contribution in [-0.2, 0) is 4.79 Å². The van der Waals surface area contributed by atoms with Crippen LogP contribution in [0, 0.1) is 11.3 Å². The lowest BCUT2D eigenvalue weighted by Crippen LogP contribution is -2.34. The molecule has 1 heterocycles. The van der Waals surface area contributed by atoms with Gasteiger partial charge >= 0.3 is 0 Å². The van der Waals surface area contributed by atoms with Gasteiger partial charge in [-0.15, -0.1) is 11.8 Å². The third-order valence-corrected chi connectivity index (χ3v) is 4.63. The van der Waals surface area contributed by atoms with Crippen LogP contribution in [0.25, 0.3) is 0 Å². The van der Waals surface area contributed by atoms with Gasteiger partial charge in [-0.3, -0.25) is 4.79 Å². The summed E-state index contributed by atoms with van der Waals surface area (Å²) in [5.74, 6) is 0.975. The van der Waals surface area contributed by atoms with E-state index in [9.17, 15) is 4.79 Å². The second-order valence-electron chi connectivity index (χ2n) is 4.55. The molecule has 0 aromatic heterocycles. The van der Waals surface area contributed by atoms with Crippen molar-refractivity contribution < 1.29 is 4.79 Å². The summed E-state index contributed by atoms with van der Waals surface area (Å²) in [5, 5.41) is 11.9. The molecule has 18 heavy (non-hydrogen) atoms. The van der Waals surface area contributed by atoms with Crippen LogP contribution in [-0.4, -0.2) is 16.4 Å². The number of anilines is 2. The molecule has 0 radical (unpaired) electrons. The first-order valence-corrected chi connectivity index (χ1v) is 6.79. The zero-order chi connectivity index (χ0) is 13.2. The van der Waals surface area contributed by atoms with E-state index >= 15 is 0 Å². The molecular weight excluding hydrogens is 246 g/mol. The summed E-state index contributed by atoms with van der Waals surface area (Å²) in [7, 11) is 0. The first kappa shape index (κ1) is 12.8. The SMILES string of the molecule is CC1(C(=O)Nc2ccc(N)cc2C#N)CCCS1. The molecule has 3 N–H and O–H groups in total. The number of nitriles is 1. The molecule has 0 bridgehead atoms. The molecule has 1 fully saturated rings. The van der Waals surface area contributed by atoms with Crippen molar-refractivity contribution in [3.63, 3.8) is 0 Å². The molecule has 1 amide bonds. The molecule has 1 aliphatic heterocycles. The van der Waals surface area contributed by atoms with Crippen molar-refractivity contribution in [3.05, 3.63) is 23.8 Å². The summed E-state index contributed by atoms with van der Waals surface area (Å²) < 4.78 is -0.381. The summed E-state index contributed by atoms with van der Waals surface area (Å²) in [6, 6.07) is 6.97. The molecule has 1 aromatic rings. The second-order valence-corrected chi connectivity index (χ2v) is 6.15. The fourth-order valence-electron chi connectivity index (χ4n) is 1.98. The van der Waals surface area contributed by atoms with Crippen molar-refractivity contribution in [1.29, 1.82) is 5.26 Å². The Hall–Kier alpha value is -1.67. The number of hydrogen-bond donors (Lipinski definition) is 2. The minimum atomic E-state index is -0.381. The van der Waals surface area contributed by atoms with Gasteiger partial charge in [-0.25, -0.2) is 0 Å². The third kappa shape index (κ3) is 2.44. The first-order chi connectivity index (χ1) is 8.55. The standard InChI is InChI=1S/C13H15N3OS/c1-13(5-2-6-18-13)12(17)16-11-4-3-10(15)7-9(11)8-14/h3-4,7H,2,5-6,15H2,1H3,(H,16,17). The van der Waals surface area contributed by atoms with Crippen LogP contribution in [0.2, 0.25) is 0 Å². The highest BCUT2D eigenvalue weighted by Gasteiger charge is 2.37. The van der Waals surface area contributed by atoms with Crippen LogP contribution >= 0.6 is 11.8 Å². The van der Waals surface area contributed by atoms with Crippen molar-refractivity contribution in [2.75, 3.05) is 16.8 Å². The van der Waals surface area contributed by atoms with Crippen molar-refractivity contribution in [2.24, 2.45) is 0 Å². The first-order valence-electron chi connectivity index (χ1n) is 5.80. The van der Waals surface area contributed by atoms with E-state index in [1.165, 1.54) is 0 Å². The Morgan fingerprint density at radius 3 is 3.00 bits per heavy atom. The lowest BCUT2D eigenvalue weighted by atomic mass is 10.0. The zero-order valence-corrected chi connectivity index (χ0v) is 11.0. The number of amides is 1. The van der Waals surface area contributed by atoms with Gasteiger partial charge in [0, 0.05) is 5.69 Å². The van der Waals surface area contributed by atoms with E-state index in [0.29, 0.717) is 16.9 Å². The van der Waals surface area contributed by atoms with Gasteiger partial charge in [0.15, 0.2) is 0 Å². The molecule has 1 aromatic carbocycles. The Kier molecular flexibility index (Phi) is 3.48. The van der Waals surface area contributed by atoms with E-state index in [2.05, 4.69) is 5.32 Å². The maximum atomic E-state index is 12.2. The molecule has 0 spiro atoms. The fourth-order valence-corrected chi connectivity index (χ4v) is 3.19. The largest absolute Gasteiger partial charge is 0.399 e. The smallest absolute Gasteiger partial charge is 0.240 e. The summed E-state index contributed by atoms with van der Waals surface area (Å²) in [4.78, 5) is 12.2. The number of nitrogens with two attached hydrogens (primary N) is 1. The Labute approximate surface area is 111 Å². The molecule has 2 rings (SSSR count). The number of carbonyl (C=O) groups excluding carboxylic acids is 1. The lowest BCUT2D eigenvalue weighted by molar-refractivity contribution is -0.118. The van der Waals surface area contributed by atoms with E-state index in [1.807, 2.05) is 13.0 Å². The molecule has 5 heteroatoms. The number of benzene rings is 1. The predicted octanol–water partition coefficient (Wildman–Crippen LogP) is 2.36. The minimum Gasteiger partial charge on any atom is -0.399 e. The van der Waals surface area contributed by atoms with Crippen LogP contribution in [0.4, 0.5) is 11.4 Å². The highest BCUT2D eigenvalue weighted by Crippen LogP contribution is 2.38. The molecular formula is C13H15N3OS. The van der Waals surface area contributed by atoms with Crippen molar-refractivity contribution in [3.8, 4) is 6.07 Å². The van der Waals surface area contributed by atoms with Gasteiger partial charge in [0.25, 0.3) is 0 Å². The Morgan fingerprint density at radius 1 is 1.61 bits per heavy atom. The molecule has 1 atom stereocenters. The second kappa shape index (κ2) is 4.91. The van der Waals surface area contributed by atoms with E-state index in [1.54, 1.807) is 30.0 Å². The maximum absolute atomic E-state index is 12.2. The van der Waals surface area contributed by atoms with Gasteiger partial charge in [-0.2, -0.15) is 5.26 Å². The molecule has 1 unspecified atom stereocenters. The van der Waals surface area contributed by atoms with Gasteiger partial charge in [-0.05, 0) is 43.7 Å².